The van der Waals surface area contributed by atoms with Crippen LogP contribution >= 0.6 is 11.8 Å². The van der Waals surface area contributed by atoms with Gasteiger partial charge in [-0.2, -0.15) is 0 Å². The number of thioether (sulfide) groups is 1. The minimum absolute atomic E-state index is 0.105. The number of hydrogen-bond donors (Lipinski definition) is 2. The molecule has 1 atom stereocenters. The number of aliphatic hydroxyl groups excluding tert-OH is 1. The lowest BCUT2D eigenvalue weighted by Gasteiger charge is -2.09. The molecular formula is C10H21NO2S. The molecule has 0 rings (SSSR count). The average Bonchev–Trinajstić information content (AvgIpc) is 2.16. The van der Waals surface area contributed by atoms with Crippen LogP contribution in [0.25, 0.3) is 0 Å². The molecule has 84 valence electrons. The van der Waals surface area contributed by atoms with E-state index in [-0.39, 0.29) is 12.5 Å². The molecule has 0 spiro atoms. The molecule has 0 aliphatic heterocycles. The van der Waals surface area contributed by atoms with Crippen molar-refractivity contribution in [2.24, 2.45) is 0 Å². The molecule has 0 aromatic rings. The first-order chi connectivity index (χ1) is 6.70. The van der Waals surface area contributed by atoms with Gasteiger partial charge in [0.25, 0.3) is 0 Å². The number of hydrogen-bond acceptors (Lipinski definition) is 3. The van der Waals surface area contributed by atoms with Crippen LogP contribution < -0.4 is 5.32 Å². The Morgan fingerprint density at radius 1 is 1.57 bits per heavy atom. The summed E-state index contributed by atoms with van der Waals surface area (Å²) in [5, 5.41) is 11.9. The van der Waals surface area contributed by atoms with E-state index in [0.29, 0.717) is 11.0 Å². The third-order valence-electron chi connectivity index (χ3n) is 1.89. The highest BCUT2D eigenvalue weighted by Gasteiger charge is 2.05. The number of unbranched alkanes of at least 4 members (excludes halogenated alkanes) is 1. The van der Waals surface area contributed by atoms with Gasteiger partial charge in [-0.15, -0.1) is 11.8 Å². The lowest BCUT2D eigenvalue weighted by Crippen LogP contribution is -2.26. The Bertz CT molecular complexity index is 153. The van der Waals surface area contributed by atoms with Crippen molar-refractivity contribution in [1.82, 2.24) is 5.32 Å². The Balaban J connectivity index is 3.34. The summed E-state index contributed by atoms with van der Waals surface area (Å²) in [6, 6.07) is 0. The second kappa shape index (κ2) is 9.34. The molecule has 0 saturated heterocycles. The molecule has 4 heteroatoms. The predicted octanol–water partition coefficient (Wildman–Crippen LogP) is 1.41. The van der Waals surface area contributed by atoms with Gasteiger partial charge in [0.15, 0.2) is 0 Å². The number of rotatable bonds is 8. The van der Waals surface area contributed by atoms with E-state index in [1.165, 1.54) is 0 Å². The van der Waals surface area contributed by atoms with E-state index >= 15 is 0 Å². The van der Waals surface area contributed by atoms with Crippen LogP contribution in [0.5, 0.6) is 0 Å². The summed E-state index contributed by atoms with van der Waals surface area (Å²) >= 11 is 1.60. The van der Waals surface area contributed by atoms with Crippen molar-refractivity contribution in [2.75, 3.05) is 18.9 Å². The van der Waals surface area contributed by atoms with Crippen molar-refractivity contribution in [2.45, 2.75) is 38.4 Å². The van der Waals surface area contributed by atoms with Crippen molar-refractivity contribution in [1.29, 1.82) is 0 Å². The summed E-state index contributed by atoms with van der Waals surface area (Å²) in [6.45, 7) is 5.11. The minimum atomic E-state index is 0.105. The Morgan fingerprint density at radius 3 is 2.86 bits per heavy atom. The van der Waals surface area contributed by atoms with Gasteiger partial charge in [0.05, 0.1) is 5.75 Å². The molecule has 0 fully saturated rings. The van der Waals surface area contributed by atoms with Crippen LogP contribution in [0.3, 0.4) is 0 Å². The highest BCUT2D eigenvalue weighted by Crippen LogP contribution is 2.12. The van der Waals surface area contributed by atoms with Gasteiger partial charge in [0.2, 0.25) is 5.91 Å². The molecule has 0 aliphatic rings. The largest absolute Gasteiger partial charge is 0.396 e. The Labute approximate surface area is 90.7 Å². The van der Waals surface area contributed by atoms with E-state index in [9.17, 15) is 4.79 Å². The van der Waals surface area contributed by atoms with Crippen LogP contribution in [0, 0.1) is 0 Å². The molecule has 0 aromatic heterocycles. The Morgan fingerprint density at radius 2 is 2.29 bits per heavy atom. The van der Waals surface area contributed by atoms with Gasteiger partial charge in [-0.1, -0.05) is 20.3 Å². The maximum Gasteiger partial charge on any atom is 0.230 e. The molecule has 1 unspecified atom stereocenters. The molecule has 0 radical (unpaired) electrons. The molecule has 0 aliphatic carbocycles. The smallest absolute Gasteiger partial charge is 0.230 e. The number of carbonyl (C=O) groups excluding carboxylic acids is 1. The van der Waals surface area contributed by atoms with Gasteiger partial charge in [-0.3, -0.25) is 4.79 Å². The van der Waals surface area contributed by atoms with E-state index in [4.69, 9.17) is 5.11 Å². The highest BCUT2D eigenvalue weighted by molar-refractivity contribution is 8.00. The second-order valence-corrected chi connectivity index (χ2v) is 4.76. The molecule has 0 heterocycles. The number of carbonyl (C=O) groups is 1. The van der Waals surface area contributed by atoms with E-state index in [2.05, 4.69) is 12.2 Å². The predicted molar refractivity (Wildman–Crippen MR) is 61.5 cm³/mol. The Kier molecular flexibility index (Phi) is 9.19. The van der Waals surface area contributed by atoms with Crippen molar-refractivity contribution < 1.29 is 9.90 Å². The fourth-order valence-electron chi connectivity index (χ4n) is 0.939. The van der Waals surface area contributed by atoms with E-state index in [0.717, 1.165) is 25.8 Å². The molecule has 0 saturated carbocycles. The van der Waals surface area contributed by atoms with Crippen LogP contribution in [0.2, 0.25) is 0 Å². The standard InChI is InChI=1S/C10H21NO2S/c1-3-4-6-11-10(13)8-14-9(2)5-7-12/h9,12H,3-8H2,1-2H3,(H,11,13). The normalized spacial score (nSPS) is 12.5. The van der Waals surface area contributed by atoms with Crippen LogP contribution in [0.1, 0.15) is 33.1 Å². The van der Waals surface area contributed by atoms with Gasteiger partial charge in [-0.25, -0.2) is 0 Å². The first kappa shape index (κ1) is 13.8. The molecular weight excluding hydrogens is 198 g/mol. The fraction of sp³-hybridized carbons (Fsp3) is 0.900. The number of amides is 1. The van der Waals surface area contributed by atoms with E-state index in [1.807, 2.05) is 6.92 Å². The minimum Gasteiger partial charge on any atom is -0.396 e. The third-order valence-corrected chi connectivity index (χ3v) is 3.12. The molecule has 1 amide bonds. The lowest BCUT2D eigenvalue weighted by molar-refractivity contribution is -0.118. The maximum atomic E-state index is 11.2. The van der Waals surface area contributed by atoms with Gasteiger partial charge >= 0.3 is 0 Å². The molecule has 3 nitrogen and oxygen atoms in total. The van der Waals surface area contributed by atoms with Crippen LogP contribution in [0.15, 0.2) is 0 Å². The van der Waals surface area contributed by atoms with Crippen molar-refractivity contribution in [3.63, 3.8) is 0 Å². The van der Waals surface area contributed by atoms with Crippen LogP contribution in [-0.2, 0) is 4.79 Å². The number of nitrogens with one attached hydrogen (secondary N) is 1. The monoisotopic (exact) mass is 219 g/mol. The Hall–Kier alpha value is -0.220. The second-order valence-electron chi connectivity index (χ2n) is 3.34. The summed E-state index contributed by atoms with van der Waals surface area (Å²) in [5.41, 5.74) is 0. The van der Waals surface area contributed by atoms with E-state index in [1.54, 1.807) is 11.8 Å². The topological polar surface area (TPSA) is 49.3 Å². The van der Waals surface area contributed by atoms with Gasteiger partial charge < -0.3 is 10.4 Å². The summed E-state index contributed by atoms with van der Waals surface area (Å²) < 4.78 is 0. The van der Waals surface area contributed by atoms with Crippen LogP contribution in [0.4, 0.5) is 0 Å². The zero-order valence-electron chi connectivity index (χ0n) is 9.08. The summed E-state index contributed by atoms with van der Waals surface area (Å²) in [4.78, 5) is 11.2. The summed E-state index contributed by atoms with van der Waals surface area (Å²) in [5.74, 6) is 0.610. The van der Waals surface area contributed by atoms with Crippen molar-refractivity contribution >= 4 is 17.7 Å². The molecule has 0 bridgehead atoms. The van der Waals surface area contributed by atoms with Gasteiger partial charge in [0, 0.05) is 18.4 Å². The van der Waals surface area contributed by atoms with E-state index < -0.39 is 0 Å². The van der Waals surface area contributed by atoms with Crippen LogP contribution in [-0.4, -0.2) is 35.2 Å². The zero-order chi connectivity index (χ0) is 10.8. The third kappa shape index (κ3) is 8.38. The molecule has 0 aromatic carbocycles. The van der Waals surface area contributed by atoms with Gasteiger partial charge in [-0.05, 0) is 12.8 Å². The number of aliphatic hydroxyl groups is 1. The summed E-state index contributed by atoms with van der Waals surface area (Å²) in [6.07, 6.45) is 2.91. The highest BCUT2D eigenvalue weighted by atomic mass is 32.2. The van der Waals surface area contributed by atoms with Crippen molar-refractivity contribution in [3.8, 4) is 0 Å². The summed E-state index contributed by atoms with van der Waals surface area (Å²) in [7, 11) is 0. The molecule has 2 N–H and O–H groups in total. The lowest BCUT2D eigenvalue weighted by atomic mass is 10.3. The van der Waals surface area contributed by atoms with Crippen molar-refractivity contribution in [3.05, 3.63) is 0 Å². The fourth-order valence-corrected chi connectivity index (χ4v) is 1.75. The quantitative estimate of drug-likeness (QED) is 0.607. The first-order valence-electron chi connectivity index (χ1n) is 5.19. The SMILES string of the molecule is CCCCNC(=O)CSC(C)CCO. The first-order valence-corrected chi connectivity index (χ1v) is 6.24. The average molecular weight is 219 g/mol. The zero-order valence-corrected chi connectivity index (χ0v) is 9.90. The molecule has 14 heavy (non-hydrogen) atoms. The van der Waals surface area contributed by atoms with Gasteiger partial charge in [0.1, 0.15) is 0 Å². The maximum absolute atomic E-state index is 11.2.